The molecular formula is C12H16BrFN2OS. The third kappa shape index (κ3) is 4.26. The molecule has 1 aromatic rings. The molecule has 6 heteroatoms. The molecular weight excluding hydrogens is 319 g/mol. The van der Waals surface area contributed by atoms with Crippen molar-refractivity contribution in [2.75, 3.05) is 12.0 Å². The Morgan fingerprint density at radius 3 is 2.78 bits per heavy atom. The van der Waals surface area contributed by atoms with Crippen LogP contribution in [0.4, 0.5) is 4.39 Å². The lowest BCUT2D eigenvalue weighted by molar-refractivity contribution is -0.120. The number of carbonyl (C=O) groups excluding carboxylic acids is 1. The van der Waals surface area contributed by atoms with Gasteiger partial charge in [-0.2, -0.15) is 11.8 Å². The summed E-state index contributed by atoms with van der Waals surface area (Å²) in [5.41, 5.74) is 5.61. The molecule has 2 atom stereocenters. The Morgan fingerprint density at radius 2 is 2.28 bits per heavy atom. The van der Waals surface area contributed by atoms with Crippen molar-refractivity contribution in [1.29, 1.82) is 0 Å². The number of primary amides is 1. The van der Waals surface area contributed by atoms with Crippen LogP contribution >= 0.6 is 27.7 Å². The van der Waals surface area contributed by atoms with Gasteiger partial charge < -0.3 is 5.73 Å². The molecule has 0 saturated heterocycles. The van der Waals surface area contributed by atoms with Crippen molar-refractivity contribution >= 4 is 33.6 Å². The van der Waals surface area contributed by atoms with Crippen LogP contribution in [0.5, 0.6) is 0 Å². The summed E-state index contributed by atoms with van der Waals surface area (Å²) in [5.74, 6) is -0.205. The molecule has 3 nitrogen and oxygen atoms in total. The predicted octanol–water partition coefficient (Wildman–Crippen LogP) is 2.46. The molecule has 18 heavy (non-hydrogen) atoms. The number of hydrogen-bond acceptors (Lipinski definition) is 3. The van der Waals surface area contributed by atoms with Crippen molar-refractivity contribution in [3.63, 3.8) is 0 Å². The zero-order valence-corrected chi connectivity index (χ0v) is 12.6. The number of halogens is 2. The SMILES string of the molecule is CSCC(C)NC(C(N)=O)c1ccc(Br)cc1F. The van der Waals surface area contributed by atoms with Gasteiger partial charge in [0.1, 0.15) is 11.9 Å². The molecule has 0 aliphatic carbocycles. The van der Waals surface area contributed by atoms with E-state index in [-0.39, 0.29) is 11.6 Å². The van der Waals surface area contributed by atoms with Crippen molar-refractivity contribution in [2.45, 2.75) is 19.0 Å². The molecule has 0 heterocycles. The predicted molar refractivity (Wildman–Crippen MR) is 77.0 cm³/mol. The Morgan fingerprint density at radius 1 is 1.61 bits per heavy atom. The molecule has 1 aromatic carbocycles. The summed E-state index contributed by atoms with van der Waals surface area (Å²) in [5, 5.41) is 3.04. The molecule has 1 amide bonds. The van der Waals surface area contributed by atoms with E-state index in [1.165, 1.54) is 6.07 Å². The summed E-state index contributed by atoms with van der Waals surface area (Å²) in [7, 11) is 0. The third-order valence-electron chi connectivity index (χ3n) is 2.43. The number of rotatable bonds is 6. The first kappa shape index (κ1) is 15.5. The Labute approximate surface area is 119 Å². The molecule has 0 saturated carbocycles. The highest BCUT2D eigenvalue weighted by molar-refractivity contribution is 9.10. The molecule has 0 radical (unpaired) electrons. The van der Waals surface area contributed by atoms with E-state index >= 15 is 0 Å². The van der Waals surface area contributed by atoms with E-state index in [1.807, 2.05) is 13.2 Å². The maximum atomic E-state index is 13.8. The number of carbonyl (C=O) groups is 1. The highest BCUT2D eigenvalue weighted by atomic mass is 79.9. The molecule has 0 aliphatic rings. The quantitative estimate of drug-likeness (QED) is 0.840. The average molecular weight is 335 g/mol. The van der Waals surface area contributed by atoms with Gasteiger partial charge in [0, 0.05) is 21.8 Å². The van der Waals surface area contributed by atoms with Crippen molar-refractivity contribution in [3.05, 3.63) is 34.1 Å². The molecule has 0 bridgehead atoms. The van der Waals surface area contributed by atoms with Crippen LogP contribution in [0.1, 0.15) is 18.5 Å². The number of amides is 1. The summed E-state index contributed by atoms with van der Waals surface area (Å²) in [6, 6.07) is 3.84. The van der Waals surface area contributed by atoms with E-state index in [0.29, 0.717) is 4.47 Å². The lowest BCUT2D eigenvalue weighted by Crippen LogP contribution is -2.40. The minimum Gasteiger partial charge on any atom is -0.368 e. The van der Waals surface area contributed by atoms with Gasteiger partial charge in [0.15, 0.2) is 0 Å². The standard InChI is InChI=1S/C12H16BrFN2OS/c1-7(6-18-2)16-11(12(15)17)9-4-3-8(13)5-10(9)14/h3-5,7,11,16H,6H2,1-2H3,(H2,15,17). The fourth-order valence-electron chi connectivity index (χ4n) is 1.64. The van der Waals surface area contributed by atoms with Crippen molar-refractivity contribution < 1.29 is 9.18 Å². The molecule has 2 unspecified atom stereocenters. The second-order valence-electron chi connectivity index (χ2n) is 4.02. The van der Waals surface area contributed by atoms with Crippen LogP contribution in [0.15, 0.2) is 22.7 Å². The molecule has 1 rings (SSSR count). The van der Waals surface area contributed by atoms with Gasteiger partial charge >= 0.3 is 0 Å². The second-order valence-corrected chi connectivity index (χ2v) is 5.85. The van der Waals surface area contributed by atoms with Crippen molar-refractivity contribution in [3.8, 4) is 0 Å². The van der Waals surface area contributed by atoms with Gasteiger partial charge in [-0.05, 0) is 25.3 Å². The molecule has 0 aromatic heterocycles. The van der Waals surface area contributed by atoms with Crippen molar-refractivity contribution in [2.24, 2.45) is 5.73 Å². The van der Waals surface area contributed by atoms with Crippen LogP contribution in [0.25, 0.3) is 0 Å². The molecule has 0 fully saturated rings. The smallest absolute Gasteiger partial charge is 0.239 e. The summed E-state index contributed by atoms with van der Waals surface area (Å²) < 4.78 is 14.4. The molecule has 3 N–H and O–H groups in total. The number of hydrogen-bond donors (Lipinski definition) is 2. The number of nitrogens with one attached hydrogen (secondary N) is 1. The molecule has 100 valence electrons. The Kier molecular flexibility index (Phi) is 6.11. The lowest BCUT2D eigenvalue weighted by Gasteiger charge is -2.21. The monoisotopic (exact) mass is 334 g/mol. The van der Waals surface area contributed by atoms with E-state index in [1.54, 1.807) is 23.9 Å². The van der Waals surface area contributed by atoms with Gasteiger partial charge in [0.05, 0.1) is 0 Å². The Hall–Kier alpha value is -0.590. The van der Waals surface area contributed by atoms with Gasteiger partial charge in [-0.3, -0.25) is 10.1 Å². The highest BCUT2D eigenvalue weighted by Crippen LogP contribution is 2.21. The van der Waals surface area contributed by atoms with E-state index in [2.05, 4.69) is 21.2 Å². The lowest BCUT2D eigenvalue weighted by atomic mass is 10.0. The fourth-order valence-corrected chi connectivity index (χ4v) is 2.57. The minimum atomic E-state index is -0.805. The molecule has 0 spiro atoms. The second kappa shape index (κ2) is 7.11. The van der Waals surface area contributed by atoms with Crippen LogP contribution < -0.4 is 11.1 Å². The summed E-state index contributed by atoms with van der Waals surface area (Å²) >= 11 is 4.83. The molecule has 0 aliphatic heterocycles. The average Bonchev–Trinajstić information content (AvgIpc) is 2.27. The van der Waals surface area contributed by atoms with Crippen molar-refractivity contribution in [1.82, 2.24) is 5.32 Å². The Balaban J connectivity index is 2.94. The maximum Gasteiger partial charge on any atom is 0.239 e. The third-order valence-corrected chi connectivity index (χ3v) is 3.75. The number of benzene rings is 1. The Bertz CT molecular complexity index is 431. The summed E-state index contributed by atoms with van der Waals surface area (Å²) in [6.07, 6.45) is 1.97. The van der Waals surface area contributed by atoms with E-state index < -0.39 is 17.8 Å². The normalized spacial score (nSPS) is 14.2. The largest absolute Gasteiger partial charge is 0.368 e. The fraction of sp³-hybridized carbons (Fsp3) is 0.417. The first-order chi connectivity index (χ1) is 8.45. The van der Waals surface area contributed by atoms with Crippen LogP contribution in [0, 0.1) is 5.82 Å². The van der Waals surface area contributed by atoms with Gasteiger partial charge in [0.25, 0.3) is 0 Å². The van der Waals surface area contributed by atoms with E-state index in [9.17, 15) is 9.18 Å². The van der Waals surface area contributed by atoms with Crippen LogP contribution in [-0.4, -0.2) is 24.0 Å². The highest BCUT2D eigenvalue weighted by Gasteiger charge is 2.22. The maximum absolute atomic E-state index is 13.8. The zero-order chi connectivity index (χ0) is 13.7. The number of thioether (sulfide) groups is 1. The van der Waals surface area contributed by atoms with E-state index in [4.69, 9.17) is 5.73 Å². The van der Waals surface area contributed by atoms with Crippen LogP contribution in [-0.2, 0) is 4.79 Å². The van der Waals surface area contributed by atoms with Crippen LogP contribution in [0.3, 0.4) is 0 Å². The van der Waals surface area contributed by atoms with Gasteiger partial charge in [0.2, 0.25) is 5.91 Å². The minimum absolute atomic E-state index is 0.0700. The first-order valence-electron chi connectivity index (χ1n) is 5.45. The van der Waals surface area contributed by atoms with Gasteiger partial charge in [-0.1, -0.05) is 22.0 Å². The zero-order valence-electron chi connectivity index (χ0n) is 10.2. The van der Waals surface area contributed by atoms with Gasteiger partial charge in [-0.25, -0.2) is 4.39 Å². The first-order valence-corrected chi connectivity index (χ1v) is 7.63. The van der Waals surface area contributed by atoms with E-state index in [0.717, 1.165) is 5.75 Å². The van der Waals surface area contributed by atoms with Crippen LogP contribution in [0.2, 0.25) is 0 Å². The van der Waals surface area contributed by atoms with Gasteiger partial charge in [-0.15, -0.1) is 0 Å². The summed E-state index contributed by atoms with van der Waals surface area (Å²) in [4.78, 5) is 11.5. The topological polar surface area (TPSA) is 55.1 Å². The number of nitrogens with two attached hydrogens (primary N) is 1. The summed E-state index contributed by atoms with van der Waals surface area (Å²) in [6.45, 7) is 1.93.